The number of aliphatic imine (C=N–C) groups is 1. The molecule has 1 heterocycles. The fraction of sp³-hybridized carbons (Fsp3) is 0.167. The molecule has 6 nitrogen and oxygen atoms in total. The van der Waals surface area contributed by atoms with Crippen LogP contribution < -0.4 is 0 Å². The standard InChI is InChI=1S/C18H13ClN2O4S/c1-10-14(8-16(22)23)17-15(21-10)7-2-11(9-20)18(17)26(24,25)13-5-3-12(19)4-6-13/h2-6H,7-8H2,1H3,(H,22,23). The van der Waals surface area contributed by atoms with Crippen molar-refractivity contribution in [2.75, 3.05) is 0 Å². The summed E-state index contributed by atoms with van der Waals surface area (Å²) in [6, 6.07) is 7.52. The molecule has 1 aromatic rings. The number of benzene rings is 1. The number of carboxylic acids is 1. The molecule has 0 unspecified atom stereocenters. The van der Waals surface area contributed by atoms with E-state index in [4.69, 9.17) is 11.6 Å². The molecule has 1 aliphatic heterocycles. The number of allylic oxidation sites excluding steroid dienone is 4. The number of nitriles is 1. The van der Waals surface area contributed by atoms with Gasteiger partial charge in [0.1, 0.15) is 6.07 Å². The molecule has 0 atom stereocenters. The van der Waals surface area contributed by atoms with Crippen LogP contribution in [0.5, 0.6) is 0 Å². The van der Waals surface area contributed by atoms with E-state index in [0.29, 0.717) is 22.0 Å². The van der Waals surface area contributed by atoms with E-state index in [0.717, 1.165) is 0 Å². The number of fused-ring (bicyclic) bond motifs is 1. The second-order valence-corrected chi connectivity index (χ2v) is 8.11. The molecular formula is C18H13ClN2O4S. The van der Waals surface area contributed by atoms with Crippen molar-refractivity contribution in [3.05, 3.63) is 62.7 Å². The minimum atomic E-state index is -4.06. The highest BCUT2D eigenvalue weighted by Gasteiger charge is 2.37. The van der Waals surface area contributed by atoms with Crippen LogP contribution in [-0.2, 0) is 14.6 Å². The Morgan fingerprint density at radius 2 is 2.00 bits per heavy atom. The molecule has 1 aromatic carbocycles. The van der Waals surface area contributed by atoms with Gasteiger partial charge in [-0.2, -0.15) is 5.26 Å². The Hall–Kier alpha value is -2.69. The van der Waals surface area contributed by atoms with Crippen LogP contribution in [0.25, 0.3) is 0 Å². The number of carbonyl (C=O) groups is 1. The number of sulfone groups is 1. The molecule has 1 aliphatic carbocycles. The predicted octanol–water partition coefficient (Wildman–Crippen LogP) is 3.42. The van der Waals surface area contributed by atoms with Crippen LogP contribution >= 0.6 is 11.6 Å². The highest BCUT2D eigenvalue weighted by Crippen LogP contribution is 2.41. The van der Waals surface area contributed by atoms with E-state index in [9.17, 15) is 23.6 Å². The number of halogens is 1. The highest BCUT2D eigenvalue weighted by molar-refractivity contribution is 7.95. The van der Waals surface area contributed by atoms with E-state index in [1.807, 2.05) is 6.07 Å². The Balaban J connectivity index is 2.29. The normalized spacial score (nSPS) is 16.8. The number of rotatable bonds is 4. The van der Waals surface area contributed by atoms with Gasteiger partial charge in [-0.1, -0.05) is 17.7 Å². The van der Waals surface area contributed by atoms with Crippen LogP contribution in [-0.4, -0.2) is 25.2 Å². The van der Waals surface area contributed by atoms with Gasteiger partial charge >= 0.3 is 5.97 Å². The van der Waals surface area contributed by atoms with Gasteiger partial charge in [-0.3, -0.25) is 9.79 Å². The lowest BCUT2D eigenvalue weighted by molar-refractivity contribution is -0.136. The lowest BCUT2D eigenvalue weighted by atomic mass is 9.91. The van der Waals surface area contributed by atoms with Gasteiger partial charge in [0.2, 0.25) is 9.84 Å². The van der Waals surface area contributed by atoms with Crippen LogP contribution in [0.3, 0.4) is 0 Å². The molecule has 26 heavy (non-hydrogen) atoms. The topological polar surface area (TPSA) is 108 Å². The minimum Gasteiger partial charge on any atom is -0.481 e. The zero-order chi connectivity index (χ0) is 19.1. The van der Waals surface area contributed by atoms with Crippen molar-refractivity contribution in [3.8, 4) is 6.07 Å². The van der Waals surface area contributed by atoms with Gasteiger partial charge in [0.15, 0.2) is 0 Å². The third-order valence-corrected chi connectivity index (χ3v) is 6.25. The molecule has 8 heteroatoms. The molecule has 3 rings (SSSR count). The van der Waals surface area contributed by atoms with Gasteiger partial charge in [0.25, 0.3) is 0 Å². The van der Waals surface area contributed by atoms with Gasteiger partial charge < -0.3 is 5.11 Å². The van der Waals surface area contributed by atoms with Crippen LogP contribution in [0, 0.1) is 11.3 Å². The van der Waals surface area contributed by atoms with Crippen LogP contribution in [0.4, 0.5) is 0 Å². The Kier molecular flexibility index (Phi) is 4.57. The quantitative estimate of drug-likeness (QED) is 0.850. The third-order valence-electron chi connectivity index (χ3n) is 4.14. The average molecular weight is 389 g/mol. The molecule has 0 aromatic heterocycles. The summed E-state index contributed by atoms with van der Waals surface area (Å²) in [5.41, 5.74) is 1.46. The highest BCUT2D eigenvalue weighted by atomic mass is 35.5. The van der Waals surface area contributed by atoms with Gasteiger partial charge in [0.05, 0.1) is 27.5 Å². The molecule has 0 spiro atoms. The molecule has 132 valence electrons. The predicted molar refractivity (Wildman–Crippen MR) is 96.4 cm³/mol. The van der Waals surface area contributed by atoms with E-state index in [2.05, 4.69) is 4.99 Å². The summed E-state index contributed by atoms with van der Waals surface area (Å²) in [6.07, 6.45) is 1.41. The van der Waals surface area contributed by atoms with Gasteiger partial charge in [-0.25, -0.2) is 8.42 Å². The summed E-state index contributed by atoms with van der Waals surface area (Å²) in [7, 11) is -4.06. The van der Waals surface area contributed by atoms with Crippen molar-refractivity contribution in [2.24, 2.45) is 4.99 Å². The second kappa shape index (κ2) is 6.56. The maximum Gasteiger partial charge on any atom is 0.307 e. The summed E-state index contributed by atoms with van der Waals surface area (Å²) in [6.45, 7) is 1.63. The number of hydrogen-bond acceptors (Lipinski definition) is 5. The Morgan fingerprint density at radius 3 is 2.58 bits per heavy atom. The fourth-order valence-corrected chi connectivity index (χ4v) is 4.78. The van der Waals surface area contributed by atoms with Crippen molar-refractivity contribution < 1.29 is 18.3 Å². The molecule has 1 N–H and O–H groups in total. The molecule has 0 fully saturated rings. The first kappa shape index (κ1) is 18.1. The molecule has 0 amide bonds. The zero-order valence-electron chi connectivity index (χ0n) is 13.7. The Labute approximate surface area is 155 Å². The number of hydrogen-bond donors (Lipinski definition) is 1. The summed E-state index contributed by atoms with van der Waals surface area (Å²) in [5, 5.41) is 19.0. The minimum absolute atomic E-state index is 0.00788. The fourth-order valence-electron chi connectivity index (χ4n) is 3.00. The summed E-state index contributed by atoms with van der Waals surface area (Å²) < 4.78 is 26.5. The van der Waals surface area contributed by atoms with Gasteiger partial charge in [-0.05, 0) is 36.8 Å². The summed E-state index contributed by atoms with van der Waals surface area (Å²) in [5.74, 6) is -1.10. The maximum absolute atomic E-state index is 13.2. The SMILES string of the molecule is CC1=C(CC(=O)O)C2=C(S(=O)(=O)c3ccc(Cl)cc3)C(C#N)=CCC2=N1. The van der Waals surface area contributed by atoms with Crippen molar-refractivity contribution in [1.29, 1.82) is 5.26 Å². The van der Waals surface area contributed by atoms with Crippen LogP contribution in [0.1, 0.15) is 19.8 Å². The summed E-state index contributed by atoms with van der Waals surface area (Å²) in [4.78, 5) is 15.3. The van der Waals surface area contributed by atoms with Crippen LogP contribution in [0.15, 0.2) is 67.6 Å². The average Bonchev–Trinajstić information content (AvgIpc) is 2.89. The molecule has 0 bridgehead atoms. The van der Waals surface area contributed by atoms with Crippen molar-refractivity contribution in [1.82, 2.24) is 0 Å². The molecule has 0 saturated heterocycles. The molecular weight excluding hydrogens is 376 g/mol. The van der Waals surface area contributed by atoms with E-state index >= 15 is 0 Å². The van der Waals surface area contributed by atoms with Gasteiger partial charge in [-0.15, -0.1) is 0 Å². The smallest absolute Gasteiger partial charge is 0.307 e. The first-order chi connectivity index (χ1) is 12.3. The van der Waals surface area contributed by atoms with E-state index in [1.165, 1.54) is 30.3 Å². The third kappa shape index (κ3) is 2.98. The zero-order valence-corrected chi connectivity index (χ0v) is 15.2. The second-order valence-electron chi connectivity index (χ2n) is 5.79. The van der Waals surface area contributed by atoms with E-state index in [-0.39, 0.29) is 33.8 Å². The van der Waals surface area contributed by atoms with Gasteiger partial charge in [0, 0.05) is 22.7 Å². The van der Waals surface area contributed by atoms with Crippen LogP contribution in [0.2, 0.25) is 5.02 Å². The number of nitrogens with zero attached hydrogens (tertiary/aromatic N) is 2. The van der Waals surface area contributed by atoms with E-state index in [1.54, 1.807) is 6.92 Å². The lowest BCUT2D eigenvalue weighted by Gasteiger charge is -2.19. The van der Waals surface area contributed by atoms with Crippen molar-refractivity contribution in [2.45, 2.75) is 24.7 Å². The number of carboxylic acid groups (broad SMARTS) is 1. The molecule has 0 radical (unpaired) electrons. The largest absolute Gasteiger partial charge is 0.481 e. The van der Waals surface area contributed by atoms with E-state index < -0.39 is 15.8 Å². The summed E-state index contributed by atoms with van der Waals surface area (Å²) >= 11 is 5.83. The van der Waals surface area contributed by atoms with Crippen molar-refractivity contribution >= 4 is 33.1 Å². The lowest BCUT2D eigenvalue weighted by Crippen LogP contribution is -2.18. The first-order valence-corrected chi connectivity index (χ1v) is 9.47. The molecule has 2 aliphatic rings. The Bertz CT molecular complexity index is 1080. The first-order valence-electron chi connectivity index (χ1n) is 7.61. The van der Waals surface area contributed by atoms with Crippen molar-refractivity contribution in [3.63, 3.8) is 0 Å². The maximum atomic E-state index is 13.2. The number of aliphatic carboxylic acids is 1. The molecule has 0 saturated carbocycles. The monoisotopic (exact) mass is 388 g/mol. The Morgan fingerprint density at radius 1 is 1.35 bits per heavy atom.